The molecule has 0 radical (unpaired) electrons. The number of benzene rings is 3. The third-order valence-corrected chi connectivity index (χ3v) is 10.5. The number of sulfonamides is 1. The number of aromatic carboxylic acids is 1. The minimum Gasteiger partial charge on any atom is -0.478 e. The normalized spacial score (nSPS) is 11.8. The molecule has 10 heteroatoms. The van der Waals surface area contributed by atoms with E-state index in [9.17, 15) is 26.7 Å². The maximum absolute atomic E-state index is 13.3. The molecule has 0 amide bonds. The fraction of sp³-hybridized carbons (Fsp3) is 0.115. The van der Waals surface area contributed by atoms with Gasteiger partial charge in [0, 0.05) is 0 Å². The van der Waals surface area contributed by atoms with Crippen LogP contribution in [0.1, 0.15) is 27.9 Å². The van der Waals surface area contributed by atoms with Crippen LogP contribution in [0.3, 0.4) is 0 Å². The Morgan fingerprint density at radius 3 is 2.11 bits per heavy atom. The van der Waals surface area contributed by atoms with Crippen LogP contribution < -0.4 is 4.72 Å². The highest BCUT2D eigenvalue weighted by molar-refractivity contribution is 7.96. The van der Waals surface area contributed by atoms with Gasteiger partial charge in [-0.3, -0.25) is 4.72 Å². The summed E-state index contributed by atoms with van der Waals surface area (Å²) in [5.74, 6) is -0.990. The van der Waals surface area contributed by atoms with E-state index >= 15 is 0 Å². The monoisotopic (exact) mass is 541 g/mol. The van der Waals surface area contributed by atoms with Gasteiger partial charge in [-0.2, -0.15) is 0 Å². The molecule has 1 aromatic heterocycles. The fourth-order valence-electron chi connectivity index (χ4n) is 3.85. The molecule has 0 aliphatic rings. The highest BCUT2D eigenvalue weighted by Crippen LogP contribution is 2.33. The summed E-state index contributed by atoms with van der Waals surface area (Å²) in [6.07, 6.45) is 1.59. The van der Waals surface area contributed by atoms with Crippen molar-refractivity contribution in [2.45, 2.75) is 33.3 Å². The Morgan fingerprint density at radius 1 is 0.778 bits per heavy atom. The molecule has 36 heavy (non-hydrogen) atoms. The van der Waals surface area contributed by atoms with Crippen LogP contribution in [-0.2, 0) is 32.7 Å². The standard InChI is InChI=1S/C26H23NO6S3/c28-25(29)22-15-6-4-9-19(22)11-8-12-20-10-5-7-16-23(20)27-36(32,33)26-24(17-18-34-26)35(30,31)21-13-2-1-3-14-21/h1-7,9-10,13-18,27H,8,11-12H2,(H,28,29). The quantitative estimate of drug-likeness (QED) is 0.283. The zero-order chi connectivity index (χ0) is 25.8. The van der Waals surface area contributed by atoms with Gasteiger partial charge >= 0.3 is 5.97 Å². The van der Waals surface area contributed by atoms with Gasteiger partial charge in [-0.15, -0.1) is 11.3 Å². The van der Waals surface area contributed by atoms with Crippen LogP contribution in [0.5, 0.6) is 0 Å². The molecule has 3 aromatic carbocycles. The van der Waals surface area contributed by atoms with Gasteiger partial charge < -0.3 is 5.11 Å². The molecule has 0 fully saturated rings. The maximum Gasteiger partial charge on any atom is 0.335 e. The zero-order valence-corrected chi connectivity index (χ0v) is 21.4. The van der Waals surface area contributed by atoms with E-state index in [4.69, 9.17) is 0 Å². The van der Waals surface area contributed by atoms with Crippen LogP contribution in [0.2, 0.25) is 0 Å². The predicted molar refractivity (Wildman–Crippen MR) is 139 cm³/mol. The summed E-state index contributed by atoms with van der Waals surface area (Å²) in [7, 11) is -8.22. The molecule has 1 heterocycles. The Labute approximate surface area is 214 Å². The lowest BCUT2D eigenvalue weighted by molar-refractivity contribution is 0.0695. The smallest absolute Gasteiger partial charge is 0.335 e. The minimum atomic E-state index is -4.20. The number of carboxylic acids is 1. The van der Waals surface area contributed by atoms with Crippen LogP contribution in [-0.4, -0.2) is 27.9 Å². The van der Waals surface area contributed by atoms with Gasteiger partial charge in [-0.05, 0) is 66.1 Å². The van der Waals surface area contributed by atoms with Crippen LogP contribution in [0.25, 0.3) is 0 Å². The molecule has 0 saturated carbocycles. The second kappa shape index (κ2) is 10.7. The molecule has 0 aliphatic carbocycles. The van der Waals surface area contributed by atoms with Crippen molar-refractivity contribution in [1.29, 1.82) is 0 Å². The van der Waals surface area contributed by atoms with Crippen molar-refractivity contribution >= 4 is 42.9 Å². The molecular formula is C26H23NO6S3. The first-order valence-electron chi connectivity index (χ1n) is 11.0. The fourth-order valence-corrected chi connectivity index (χ4v) is 8.53. The summed E-state index contributed by atoms with van der Waals surface area (Å²) in [6.45, 7) is 0. The highest BCUT2D eigenvalue weighted by Gasteiger charge is 2.30. The van der Waals surface area contributed by atoms with E-state index in [0.29, 0.717) is 30.5 Å². The Hall–Kier alpha value is -3.47. The number of aryl methyl sites for hydroxylation is 2. The van der Waals surface area contributed by atoms with Gasteiger partial charge in [0.2, 0.25) is 9.84 Å². The first-order chi connectivity index (χ1) is 17.2. The lowest BCUT2D eigenvalue weighted by Gasteiger charge is -2.13. The molecule has 186 valence electrons. The summed E-state index contributed by atoms with van der Waals surface area (Å²) in [5, 5.41) is 10.8. The van der Waals surface area contributed by atoms with E-state index < -0.39 is 25.8 Å². The van der Waals surface area contributed by atoms with Crippen LogP contribution in [0.4, 0.5) is 5.69 Å². The van der Waals surface area contributed by atoms with Crippen molar-refractivity contribution in [2.75, 3.05) is 4.72 Å². The van der Waals surface area contributed by atoms with Crippen molar-refractivity contribution < 1.29 is 26.7 Å². The topological polar surface area (TPSA) is 118 Å². The van der Waals surface area contributed by atoms with Gasteiger partial charge in [0.05, 0.1) is 16.1 Å². The Kier molecular flexibility index (Phi) is 7.58. The molecule has 7 nitrogen and oxygen atoms in total. The SMILES string of the molecule is O=C(O)c1ccccc1CCCc1ccccc1NS(=O)(=O)c1sccc1S(=O)(=O)c1ccccc1. The van der Waals surface area contributed by atoms with Crippen molar-refractivity contribution in [3.8, 4) is 0 Å². The molecule has 4 rings (SSSR count). The van der Waals surface area contributed by atoms with Crippen LogP contribution in [0, 0.1) is 0 Å². The van der Waals surface area contributed by atoms with Crippen LogP contribution in [0.15, 0.2) is 104 Å². The van der Waals surface area contributed by atoms with Gasteiger partial charge in [0.15, 0.2) is 4.21 Å². The predicted octanol–water partition coefficient (Wildman–Crippen LogP) is 5.26. The van der Waals surface area contributed by atoms with E-state index in [-0.39, 0.29) is 19.6 Å². The number of carboxylic acid groups (broad SMARTS) is 1. The maximum atomic E-state index is 13.3. The highest BCUT2D eigenvalue weighted by atomic mass is 32.2. The van der Waals surface area contributed by atoms with Crippen molar-refractivity contribution in [2.24, 2.45) is 0 Å². The number of anilines is 1. The summed E-state index contributed by atoms with van der Waals surface area (Å²) < 4.78 is 55.1. The van der Waals surface area contributed by atoms with Crippen molar-refractivity contribution in [3.63, 3.8) is 0 Å². The second-order valence-corrected chi connectivity index (χ2v) is 12.7. The number of para-hydroxylation sites is 1. The zero-order valence-electron chi connectivity index (χ0n) is 19.0. The van der Waals surface area contributed by atoms with E-state index in [2.05, 4.69) is 4.72 Å². The van der Waals surface area contributed by atoms with Crippen molar-refractivity contribution in [3.05, 3.63) is 107 Å². The summed E-state index contributed by atoms with van der Waals surface area (Å²) >= 11 is 0.837. The number of carbonyl (C=O) groups is 1. The summed E-state index contributed by atoms with van der Waals surface area (Å²) in [5.41, 5.74) is 2.02. The van der Waals surface area contributed by atoms with Crippen LogP contribution >= 0.6 is 11.3 Å². The molecule has 0 spiro atoms. The summed E-state index contributed by atoms with van der Waals surface area (Å²) in [6, 6.07) is 22.7. The lowest BCUT2D eigenvalue weighted by atomic mass is 9.99. The molecule has 2 N–H and O–H groups in total. The number of hydrogen-bond donors (Lipinski definition) is 2. The largest absolute Gasteiger partial charge is 0.478 e. The van der Waals surface area contributed by atoms with E-state index in [0.717, 1.165) is 16.9 Å². The Balaban J connectivity index is 1.56. The van der Waals surface area contributed by atoms with Gasteiger partial charge in [0.25, 0.3) is 10.0 Å². The molecule has 0 saturated heterocycles. The molecule has 0 atom stereocenters. The van der Waals surface area contributed by atoms with Gasteiger partial charge in [0.1, 0.15) is 4.90 Å². The lowest BCUT2D eigenvalue weighted by Crippen LogP contribution is -2.16. The Morgan fingerprint density at radius 2 is 1.39 bits per heavy atom. The minimum absolute atomic E-state index is 0.0156. The third kappa shape index (κ3) is 5.51. The molecule has 0 aliphatic heterocycles. The Bertz CT molecular complexity index is 1590. The van der Waals surface area contributed by atoms with E-state index in [1.807, 2.05) is 0 Å². The summed E-state index contributed by atoms with van der Waals surface area (Å²) in [4.78, 5) is 11.2. The first kappa shape index (κ1) is 25.6. The molecular weight excluding hydrogens is 518 g/mol. The van der Waals surface area contributed by atoms with E-state index in [1.54, 1.807) is 66.7 Å². The number of thiophene rings is 1. The number of nitrogens with one attached hydrogen (secondary N) is 1. The first-order valence-corrected chi connectivity index (χ1v) is 14.8. The number of hydrogen-bond acceptors (Lipinski definition) is 6. The number of rotatable bonds is 10. The molecule has 0 unspecified atom stereocenters. The van der Waals surface area contributed by atoms with Gasteiger partial charge in [-0.1, -0.05) is 54.6 Å². The average Bonchev–Trinajstić information content (AvgIpc) is 3.38. The third-order valence-electron chi connectivity index (χ3n) is 5.58. The van der Waals surface area contributed by atoms with Gasteiger partial charge in [-0.25, -0.2) is 21.6 Å². The van der Waals surface area contributed by atoms with E-state index in [1.165, 1.54) is 23.6 Å². The molecule has 0 bridgehead atoms. The number of sulfone groups is 1. The van der Waals surface area contributed by atoms with Crippen molar-refractivity contribution in [1.82, 2.24) is 0 Å². The molecule has 4 aromatic rings. The average molecular weight is 542 g/mol. The second-order valence-electron chi connectivity index (χ2n) is 7.97.